The normalized spacial score (nSPS) is 10.9. The predicted octanol–water partition coefficient (Wildman–Crippen LogP) is 1.18. The van der Waals surface area contributed by atoms with Crippen molar-refractivity contribution in [3.8, 4) is 0 Å². The Kier molecular flexibility index (Phi) is 1.69. The van der Waals surface area contributed by atoms with Crippen LogP contribution in [0.5, 0.6) is 0 Å². The number of rotatable bonds is 1. The fourth-order valence-corrected chi connectivity index (χ4v) is 1.28. The standard InChI is InChI=1S/C9H12N4/c1-3-7-4-11-9-8(10)6(2)12-13(9)5-7/h4-5H,3,10H2,1-2H3. The van der Waals surface area contributed by atoms with Crippen LogP contribution in [-0.2, 0) is 6.42 Å². The maximum Gasteiger partial charge on any atom is 0.178 e. The number of fused-ring (bicyclic) bond motifs is 1. The van der Waals surface area contributed by atoms with E-state index in [1.54, 1.807) is 4.52 Å². The van der Waals surface area contributed by atoms with Crippen molar-refractivity contribution in [1.29, 1.82) is 0 Å². The van der Waals surface area contributed by atoms with Crippen molar-refractivity contribution < 1.29 is 0 Å². The van der Waals surface area contributed by atoms with Crippen LogP contribution in [0, 0.1) is 6.92 Å². The molecule has 2 heterocycles. The van der Waals surface area contributed by atoms with Crippen LogP contribution in [0.1, 0.15) is 18.2 Å². The number of nitrogen functional groups attached to an aromatic ring is 1. The van der Waals surface area contributed by atoms with Gasteiger partial charge in [0.05, 0.1) is 5.69 Å². The second kappa shape index (κ2) is 2.73. The number of hydrogen-bond acceptors (Lipinski definition) is 3. The van der Waals surface area contributed by atoms with Crippen LogP contribution in [0.2, 0.25) is 0 Å². The highest BCUT2D eigenvalue weighted by Crippen LogP contribution is 2.15. The first-order valence-electron chi connectivity index (χ1n) is 4.31. The molecule has 2 N–H and O–H groups in total. The Labute approximate surface area is 76.4 Å². The summed E-state index contributed by atoms with van der Waals surface area (Å²) >= 11 is 0. The molecule has 2 aromatic heterocycles. The molecule has 4 nitrogen and oxygen atoms in total. The zero-order valence-electron chi connectivity index (χ0n) is 7.78. The van der Waals surface area contributed by atoms with E-state index in [4.69, 9.17) is 5.73 Å². The van der Waals surface area contributed by atoms with E-state index < -0.39 is 0 Å². The Balaban J connectivity index is 2.73. The van der Waals surface area contributed by atoms with Crippen molar-refractivity contribution in [2.75, 3.05) is 5.73 Å². The molecule has 0 radical (unpaired) electrons. The van der Waals surface area contributed by atoms with Crippen LogP contribution >= 0.6 is 0 Å². The first-order valence-corrected chi connectivity index (χ1v) is 4.31. The molecule has 4 heteroatoms. The molecule has 2 aromatic rings. The summed E-state index contributed by atoms with van der Waals surface area (Å²) in [6, 6.07) is 0. The van der Waals surface area contributed by atoms with Gasteiger partial charge >= 0.3 is 0 Å². The Hall–Kier alpha value is -1.58. The Bertz CT molecular complexity index is 444. The van der Waals surface area contributed by atoms with Crippen LogP contribution in [0.4, 0.5) is 5.69 Å². The predicted molar refractivity (Wildman–Crippen MR) is 51.5 cm³/mol. The van der Waals surface area contributed by atoms with E-state index in [0.29, 0.717) is 5.69 Å². The van der Waals surface area contributed by atoms with Crippen LogP contribution < -0.4 is 5.73 Å². The highest BCUT2D eigenvalue weighted by atomic mass is 15.3. The minimum Gasteiger partial charge on any atom is -0.394 e. The zero-order valence-corrected chi connectivity index (χ0v) is 7.78. The fraction of sp³-hybridized carbons (Fsp3) is 0.333. The number of nitrogens with zero attached hydrogens (tertiary/aromatic N) is 3. The lowest BCUT2D eigenvalue weighted by molar-refractivity contribution is 0.893. The van der Waals surface area contributed by atoms with Crippen molar-refractivity contribution in [3.63, 3.8) is 0 Å². The largest absolute Gasteiger partial charge is 0.394 e. The third-order valence-corrected chi connectivity index (χ3v) is 2.15. The van der Waals surface area contributed by atoms with E-state index in [2.05, 4.69) is 17.0 Å². The lowest BCUT2D eigenvalue weighted by Gasteiger charge is -1.96. The quantitative estimate of drug-likeness (QED) is 0.709. The summed E-state index contributed by atoms with van der Waals surface area (Å²) in [5, 5.41) is 4.25. The smallest absolute Gasteiger partial charge is 0.178 e. The van der Waals surface area contributed by atoms with Gasteiger partial charge in [-0.25, -0.2) is 9.50 Å². The van der Waals surface area contributed by atoms with Gasteiger partial charge in [0.1, 0.15) is 5.69 Å². The molecule has 0 unspecified atom stereocenters. The van der Waals surface area contributed by atoms with Crippen molar-refractivity contribution in [2.45, 2.75) is 20.3 Å². The van der Waals surface area contributed by atoms with Crippen molar-refractivity contribution >= 4 is 11.3 Å². The summed E-state index contributed by atoms with van der Waals surface area (Å²) in [4.78, 5) is 4.25. The fourth-order valence-electron chi connectivity index (χ4n) is 1.28. The molecule has 0 aliphatic carbocycles. The lowest BCUT2D eigenvalue weighted by Crippen LogP contribution is -1.94. The summed E-state index contributed by atoms with van der Waals surface area (Å²) in [5.41, 5.74) is 9.19. The maximum atomic E-state index is 5.78. The molecule has 0 aliphatic heterocycles. The van der Waals surface area contributed by atoms with Gasteiger partial charge in [0, 0.05) is 12.4 Å². The third kappa shape index (κ3) is 1.14. The second-order valence-corrected chi connectivity index (χ2v) is 3.08. The molecule has 13 heavy (non-hydrogen) atoms. The first-order chi connectivity index (χ1) is 6.22. The van der Waals surface area contributed by atoms with Crippen LogP contribution in [0.3, 0.4) is 0 Å². The average molecular weight is 176 g/mol. The highest BCUT2D eigenvalue weighted by molar-refractivity contribution is 5.66. The summed E-state index contributed by atoms with van der Waals surface area (Å²) < 4.78 is 1.74. The monoisotopic (exact) mass is 176 g/mol. The molecule has 68 valence electrons. The van der Waals surface area contributed by atoms with Crippen molar-refractivity contribution in [3.05, 3.63) is 23.7 Å². The number of aryl methyl sites for hydroxylation is 2. The van der Waals surface area contributed by atoms with Gasteiger partial charge in [-0.15, -0.1) is 0 Å². The molecule has 0 atom stereocenters. The van der Waals surface area contributed by atoms with E-state index in [0.717, 1.165) is 23.3 Å². The number of hydrogen-bond donors (Lipinski definition) is 1. The second-order valence-electron chi connectivity index (χ2n) is 3.08. The molecule has 2 rings (SSSR count). The van der Waals surface area contributed by atoms with Gasteiger partial charge < -0.3 is 5.73 Å². The molecular formula is C9H12N4. The number of nitrogens with two attached hydrogens (primary N) is 1. The highest BCUT2D eigenvalue weighted by Gasteiger charge is 2.06. The van der Waals surface area contributed by atoms with Gasteiger partial charge in [0.25, 0.3) is 0 Å². The summed E-state index contributed by atoms with van der Waals surface area (Å²) in [5.74, 6) is 0. The number of anilines is 1. The van der Waals surface area contributed by atoms with Gasteiger partial charge in [-0.05, 0) is 18.9 Å². The topological polar surface area (TPSA) is 56.2 Å². The van der Waals surface area contributed by atoms with E-state index in [1.165, 1.54) is 0 Å². The van der Waals surface area contributed by atoms with E-state index >= 15 is 0 Å². The van der Waals surface area contributed by atoms with E-state index in [-0.39, 0.29) is 0 Å². The summed E-state index contributed by atoms with van der Waals surface area (Å²) in [6.45, 7) is 3.97. The van der Waals surface area contributed by atoms with E-state index in [1.807, 2.05) is 19.3 Å². The molecule has 0 bridgehead atoms. The van der Waals surface area contributed by atoms with Crippen LogP contribution in [0.15, 0.2) is 12.4 Å². The van der Waals surface area contributed by atoms with Crippen LogP contribution in [0.25, 0.3) is 5.65 Å². The van der Waals surface area contributed by atoms with Gasteiger partial charge in [0.15, 0.2) is 5.65 Å². The number of aromatic nitrogens is 3. The minimum atomic E-state index is 0.669. The molecule has 0 saturated heterocycles. The Morgan fingerprint density at radius 1 is 1.54 bits per heavy atom. The van der Waals surface area contributed by atoms with Gasteiger partial charge in [-0.3, -0.25) is 0 Å². The molecule has 0 fully saturated rings. The van der Waals surface area contributed by atoms with Gasteiger partial charge in [-0.1, -0.05) is 6.92 Å². The molecule has 0 spiro atoms. The molecule has 0 aromatic carbocycles. The molecule has 0 amide bonds. The Morgan fingerprint density at radius 3 is 3.00 bits per heavy atom. The van der Waals surface area contributed by atoms with Gasteiger partial charge in [-0.2, -0.15) is 5.10 Å². The van der Waals surface area contributed by atoms with E-state index in [9.17, 15) is 0 Å². The van der Waals surface area contributed by atoms with Gasteiger partial charge in [0.2, 0.25) is 0 Å². The average Bonchev–Trinajstić information content (AvgIpc) is 2.42. The zero-order chi connectivity index (χ0) is 9.42. The third-order valence-electron chi connectivity index (χ3n) is 2.15. The first kappa shape index (κ1) is 8.04. The summed E-state index contributed by atoms with van der Waals surface area (Å²) in [7, 11) is 0. The molecular weight excluding hydrogens is 164 g/mol. The SMILES string of the molecule is CCc1cnc2c(N)c(C)nn2c1. The molecule has 0 aliphatic rings. The lowest BCUT2D eigenvalue weighted by atomic mass is 10.3. The Morgan fingerprint density at radius 2 is 2.31 bits per heavy atom. The van der Waals surface area contributed by atoms with Crippen molar-refractivity contribution in [1.82, 2.24) is 14.6 Å². The maximum absolute atomic E-state index is 5.78. The minimum absolute atomic E-state index is 0.669. The summed E-state index contributed by atoms with van der Waals surface area (Å²) in [6.07, 6.45) is 4.76. The molecule has 0 saturated carbocycles. The van der Waals surface area contributed by atoms with Crippen molar-refractivity contribution in [2.24, 2.45) is 0 Å². The van der Waals surface area contributed by atoms with Crippen LogP contribution in [-0.4, -0.2) is 14.6 Å².